The molecular formula is C9H10BrN3. The molecule has 2 aromatic rings. The summed E-state index contributed by atoms with van der Waals surface area (Å²) in [4.78, 5) is 7.51. The molecule has 13 heavy (non-hydrogen) atoms. The lowest BCUT2D eigenvalue weighted by Gasteiger charge is -2.00. The number of aromatic amines is 1. The van der Waals surface area contributed by atoms with Crippen molar-refractivity contribution in [2.45, 2.75) is 6.92 Å². The molecule has 0 amide bonds. The Labute approximate surface area is 84.7 Å². The molecule has 4 heteroatoms. The fourth-order valence-corrected chi connectivity index (χ4v) is 1.65. The van der Waals surface area contributed by atoms with Crippen LogP contribution in [0, 0.1) is 6.92 Å². The number of imidazole rings is 1. The summed E-state index contributed by atoms with van der Waals surface area (Å²) in [6.07, 6.45) is 0. The van der Waals surface area contributed by atoms with E-state index in [1.807, 2.05) is 19.1 Å². The Bertz CT molecular complexity index is 422. The van der Waals surface area contributed by atoms with Gasteiger partial charge >= 0.3 is 0 Å². The highest BCUT2D eigenvalue weighted by Gasteiger charge is 1.99. The van der Waals surface area contributed by atoms with Crippen LogP contribution in [0.5, 0.6) is 0 Å². The summed E-state index contributed by atoms with van der Waals surface area (Å²) >= 11 is 3.32. The minimum Gasteiger partial charge on any atom is -0.375 e. The van der Waals surface area contributed by atoms with Gasteiger partial charge in [-0.15, -0.1) is 0 Å². The van der Waals surface area contributed by atoms with Crippen LogP contribution in [0.4, 0.5) is 5.69 Å². The molecule has 0 aliphatic rings. The lowest BCUT2D eigenvalue weighted by molar-refractivity contribution is 1.17. The fraction of sp³-hybridized carbons (Fsp3) is 0.222. The lowest BCUT2D eigenvalue weighted by atomic mass is 10.3. The van der Waals surface area contributed by atoms with E-state index in [2.05, 4.69) is 37.3 Å². The number of nitrogens with zero attached hydrogens (tertiary/aromatic N) is 1. The Hall–Kier alpha value is -1.03. The van der Waals surface area contributed by atoms with Gasteiger partial charge in [0.05, 0.1) is 16.5 Å². The molecule has 0 aliphatic carbocycles. The Morgan fingerprint density at radius 3 is 3.15 bits per heavy atom. The number of H-pyrrole nitrogens is 1. The molecule has 0 saturated heterocycles. The predicted molar refractivity (Wildman–Crippen MR) is 58.2 cm³/mol. The quantitative estimate of drug-likeness (QED) is 0.625. The summed E-state index contributed by atoms with van der Waals surface area (Å²) in [5.41, 5.74) is 3.93. The Morgan fingerprint density at radius 1 is 1.54 bits per heavy atom. The van der Waals surface area contributed by atoms with Crippen molar-refractivity contribution in [2.24, 2.45) is 0 Å². The maximum absolute atomic E-state index is 4.32. The second kappa shape index (κ2) is 3.38. The van der Waals surface area contributed by atoms with Gasteiger partial charge in [0, 0.05) is 5.69 Å². The molecule has 0 bridgehead atoms. The van der Waals surface area contributed by atoms with Gasteiger partial charge in [0.2, 0.25) is 0 Å². The van der Waals surface area contributed by atoms with E-state index in [4.69, 9.17) is 0 Å². The molecule has 0 radical (unpaired) electrons. The molecule has 1 aromatic carbocycles. The zero-order valence-electron chi connectivity index (χ0n) is 7.26. The average Bonchev–Trinajstić information content (AvgIpc) is 2.44. The second-order valence-corrected chi connectivity index (χ2v) is 3.43. The van der Waals surface area contributed by atoms with Crippen LogP contribution in [0.2, 0.25) is 0 Å². The molecule has 0 fully saturated rings. The lowest BCUT2D eigenvalue weighted by Crippen LogP contribution is -1.92. The first-order valence-corrected chi connectivity index (χ1v) is 5.18. The number of alkyl halides is 1. The molecule has 0 aliphatic heterocycles. The zero-order chi connectivity index (χ0) is 9.26. The van der Waals surface area contributed by atoms with Crippen LogP contribution in [-0.4, -0.2) is 15.4 Å². The SMILES string of the molecule is Cc1nc2ccc(NCBr)cc2[nH]1. The van der Waals surface area contributed by atoms with Crippen molar-refractivity contribution in [3.05, 3.63) is 24.0 Å². The van der Waals surface area contributed by atoms with Crippen molar-refractivity contribution in [1.82, 2.24) is 9.97 Å². The van der Waals surface area contributed by atoms with E-state index in [0.717, 1.165) is 28.0 Å². The number of aryl methyl sites for hydroxylation is 1. The topological polar surface area (TPSA) is 40.7 Å². The molecule has 3 nitrogen and oxygen atoms in total. The highest BCUT2D eigenvalue weighted by atomic mass is 79.9. The summed E-state index contributed by atoms with van der Waals surface area (Å²) in [7, 11) is 0. The van der Waals surface area contributed by atoms with Gasteiger partial charge in [-0.1, -0.05) is 15.9 Å². The van der Waals surface area contributed by atoms with Crippen LogP contribution in [0.15, 0.2) is 18.2 Å². The maximum atomic E-state index is 4.32. The third kappa shape index (κ3) is 1.67. The number of aromatic nitrogens is 2. The van der Waals surface area contributed by atoms with Gasteiger partial charge in [-0.2, -0.15) is 0 Å². The van der Waals surface area contributed by atoms with Crippen molar-refractivity contribution >= 4 is 32.7 Å². The maximum Gasteiger partial charge on any atom is 0.104 e. The van der Waals surface area contributed by atoms with E-state index in [-0.39, 0.29) is 0 Å². The molecule has 2 N–H and O–H groups in total. The number of halogens is 1. The number of hydrogen-bond donors (Lipinski definition) is 2. The number of rotatable bonds is 2. The molecule has 2 rings (SSSR count). The molecule has 0 atom stereocenters. The monoisotopic (exact) mass is 239 g/mol. The van der Waals surface area contributed by atoms with E-state index < -0.39 is 0 Å². The van der Waals surface area contributed by atoms with Crippen LogP contribution in [0.3, 0.4) is 0 Å². The van der Waals surface area contributed by atoms with Gasteiger partial charge in [-0.3, -0.25) is 0 Å². The molecule has 0 saturated carbocycles. The highest BCUT2D eigenvalue weighted by molar-refractivity contribution is 9.09. The number of fused-ring (bicyclic) bond motifs is 1. The number of nitrogens with one attached hydrogen (secondary N) is 2. The van der Waals surface area contributed by atoms with Gasteiger partial charge in [-0.25, -0.2) is 4.98 Å². The largest absolute Gasteiger partial charge is 0.375 e. The van der Waals surface area contributed by atoms with E-state index in [1.165, 1.54) is 0 Å². The van der Waals surface area contributed by atoms with Gasteiger partial charge in [0.1, 0.15) is 5.82 Å². The molecule has 68 valence electrons. The van der Waals surface area contributed by atoms with Crippen LogP contribution in [-0.2, 0) is 0 Å². The standard InChI is InChI=1S/C9H10BrN3/c1-6-12-8-3-2-7(11-5-10)4-9(8)13-6/h2-4,11H,5H2,1H3,(H,12,13). The fourth-order valence-electron chi connectivity index (χ4n) is 1.32. The van der Waals surface area contributed by atoms with Crippen LogP contribution >= 0.6 is 15.9 Å². The first kappa shape index (κ1) is 8.56. The first-order valence-electron chi connectivity index (χ1n) is 4.06. The van der Waals surface area contributed by atoms with E-state index in [0.29, 0.717) is 0 Å². The number of benzene rings is 1. The van der Waals surface area contributed by atoms with Crippen LogP contribution < -0.4 is 5.32 Å². The van der Waals surface area contributed by atoms with Crippen molar-refractivity contribution in [3.63, 3.8) is 0 Å². The highest BCUT2D eigenvalue weighted by Crippen LogP contribution is 2.16. The summed E-state index contributed by atoms with van der Waals surface area (Å²) in [6.45, 7) is 1.96. The summed E-state index contributed by atoms with van der Waals surface area (Å²) in [5.74, 6) is 0.950. The van der Waals surface area contributed by atoms with Crippen molar-refractivity contribution in [1.29, 1.82) is 0 Å². The molecule has 0 unspecified atom stereocenters. The molecule has 1 heterocycles. The van der Waals surface area contributed by atoms with Gasteiger partial charge in [0.15, 0.2) is 0 Å². The van der Waals surface area contributed by atoms with Crippen molar-refractivity contribution < 1.29 is 0 Å². The number of hydrogen-bond acceptors (Lipinski definition) is 2. The van der Waals surface area contributed by atoms with Crippen molar-refractivity contribution in [3.8, 4) is 0 Å². The van der Waals surface area contributed by atoms with Crippen LogP contribution in [0.1, 0.15) is 5.82 Å². The predicted octanol–water partition coefficient (Wildman–Crippen LogP) is 2.64. The Balaban J connectivity index is 2.48. The van der Waals surface area contributed by atoms with Gasteiger partial charge in [0.25, 0.3) is 0 Å². The summed E-state index contributed by atoms with van der Waals surface area (Å²) in [6, 6.07) is 6.07. The molecule has 0 spiro atoms. The zero-order valence-corrected chi connectivity index (χ0v) is 8.85. The van der Waals surface area contributed by atoms with E-state index >= 15 is 0 Å². The van der Waals surface area contributed by atoms with Crippen LogP contribution in [0.25, 0.3) is 11.0 Å². The minimum absolute atomic E-state index is 0.756. The average molecular weight is 240 g/mol. The third-order valence-electron chi connectivity index (χ3n) is 1.87. The van der Waals surface area contributed by atoms with Crippen molar-refractivity contribution in [2.75, 3.05) is 10.8 Å². The van der Waals surface area contributed by atoms with Gasteiger partial charge in [-0.05, 0) is 25.1 Å². The van der Waals surface area contributed by atoms with Gasteiger partial charge < -0.3 is 10.3 Å². The summed E-state index contributed by atoms with van der Waals surface area (Å²) in [5, 5.41) is 3.18. The minimum atomic E-state index is 0.756. The smallest absolute Gasteiger partial charge is 0.104 e. The normalized spacial score (nSPS) is 10.6. The number of anilines is 1. The van der Waals surface area contributed by atoms with E-state index in [9.17, 15) is 0 Å². The third-order valence-corrected chi connectivity index (χ3v) is 2.15. The first-order chi connectivity index (χ1) is 6.29. The molecule has 1 aromatic heterocycles. The van der Waals surface area contributed by atoms with E-state index in [1.54, 1.807) is 0 Å². The second-order valence-electron chi connectivity index (χ2n) is 2.86. The Morgan fingerprint density at radius 2 is 2.38 bits per heavy atom. The Kier molecular flexibility index (Phi) is 2.22. The summed E-state index contributed by atoms with van der Waals surface area (Å²) < 4.78 is 0. The molecular weight excluding hydrogens is 230 g/mol.